The van der Waals surface area contributed by atoms with E-state index in [1.54, 1.807) is 27.7 Å². The monoisotopic (exact) mass is 198 g/mol. The molecule has 0 spiro atoms. The first-order valence-corrected chi connectivity index (χ1v) is 4.05. The van der Waals surface area contributed by atoms with Crippen molar-refractivity contribution in [1.29, 1.82) is 0 Å². The largest absolute Gasteiger partial charge is 0.331 e. The van der Waals surface area contributed by atoms with Gasteiger partial charge in [-0.2, -0.15) is 10.2 Å². The van der Waals surface area contributed by atoms with Crippen LogP contribution in [-0.4, -0.2) is 23.2 Å². The van der Waals surface area contributed by atoms with Gasteiger partial charge in [0, 0.05) is 11.4 Å². The van der Waals surface area contributed by atoms with Gasteiger partial charge in [0.1, 0.15) is 0 Å². The number of amides is 2. The van der Waals surface area contributed by atoms with Crippen LogP contribution in [0.1, 0.15) is 27.7 Å². The van der Waals surface area contributed by atoms with Crippen molar-refractivity contribution in [2.24, 2.45) is 10.2 Å². The number of nitrogens with one attached hydrogen (secondary N) is 2. The lowest BCUT2D eigenvalue weighted by Gasteiger charge is -1.98. The summed E-state index contributed by atoms with van der Waals surface area (Å²) in [5.41, 5.74) is 5.45. The van der Waals surface area contributed by atoms with Crippen molar-refractivity contribution in [3.05, 3.63) is 0 Å². The maximum absolute atomic E-state index is 11.0. The van der Waals surface area contributed by atoms with E-state index in [4.69, 9.17) is 0 Å². The second-order valence-corrected chi connectivity index (χ2v) is 3.00. The van der Waals surface area contributed by atoms with Crippen molar-refractivity contribution in [3.63, 3.8) is 0 Å². The van der Waals surface area contributed by atoms with Gasteiger partial charge in [-0.25, -0.2) is 10.9 Å². The fourth-order valence-corrected chi connectivity index (χ4v) is 0.427. The summed E-state index contributed by atoms with van der Waals surface area (Å²) in [5, 5.41) is 7.16. The van der Waals surface area contributed by atoms with Gasteiger partial charge in [0.2, 0.25) is 0 Å². The van der Waals surface area contributed by atoms with E-state index in [9.17, 15) is 9.59 Å². The van der Waals surface area contributed by atoms with Crippen molar-refractivity contribution in [1.82, 2.24) is 10.9 Å². The summed E-state index contributed by atoms with van der Waals surface area (Å²) in [5.74, 6) is -1.67. The molecule has 0 aromatic carbocycles. The SMILES string of the molecule is CC(C)=NNC(=O)C(=O)NN=C(C)C. The number of carbonyl (C=O) groups is 2. The van der Waals surface area contributed by atoms with Crippen LogP contribution < -0.4 is 10.9 Å². The van der Waals surface area contributed by atoms with Crippen LogP contribution in [0.5, 0.6) is 0 Å². The Morgan fingerprint density at radius 3 is 1.29 bits per heavy atom. The average molecular weight is 198 g/mol. The fraction of sp³-hybridized carbons (Fsp3) is 0.500. The van der Waals surface area contributed by atoms with Crippen LogP contribution in [0.3, 0.4) is 0 Å². The molecule has 2 amide bonds. The van der Waals surface area contributed by atoms with Crippen molar-refractivity contribution >= 4 is 23.2 Å². The predicted octanol–water partition coefficient (Wildman–Crippen LogP) is 0.0104. The van der Waals surface area contributed by atoms with E-state index in [0.717, 1.165) is 0 Å². The van der Waals surface area contributed by atoms with Gasteiger partial charge in [0.25, 0.3) is 0 Å². The molecule has 14 heavy (non-hydrogen) atoms. The zero-order valence-corrected chi connectivity index (χ0v) is 8.71. The molecular formula is C8H14N4O2. The van der Waals surface area contributed by atoms with Crippen molar-refractivity contribution in [3.8, 4) is 0 Å². The third-order valence-electron chi connectivity index (χ3n) is 0.968. The predicted molar refractivity (Wildman–Crippen MR) is 53.9 cm³/mol. The zero-order chi connectivity index (χ0) is 11.1. The van der Waals surface area contributed by atoms with Gasteiger partial charge in [0.15, 0.2) is 0 Å². The molecule has 0 rings (SSSR count). The highest BCUT2D eigenvalue weighted by atomic mass is 16.2. The van der Waals surface area contributed by atoms with Crippen molar-refractivity contribution < 1.29 is 9.59 Å². The molecule has 0 aliphatic rings. The summed E-state index contributed by atoms with van der Waals surface area (Å²) >= 11 is 0. The molecular weight excluding hydrogens is 184 g/mol. The number of rotatable bonds is 2. The van der Waals surface area contributed by atoms with Crippen LogP contribution in [0.4, 0.5) is 0 Å². The maximum Gasteiger partial charge on any atom is 0.331 e. The van der Waals surface area contributed by atoms with Gasteiger partial charge in [-0.1, -0.05) is 0 Å². The molecule has 6 nitrogen and oxygen atoms in total. The second kappa shape index (κ2) is 5.85. The minimum absolute atomic E-state index is 0.654. The van der Waals surface area contributed by atoms with Crippen molar-refractivity contribution in [2.45, 2.75) is 27.7 Å². The minimum Gasteiger partial charge on any atom is -0.262 e. The summed E-state index contributed by atoms with van der Waals surface area (Å²) in [4.78, 5) is 21.9. The molecule has 6 heteroatoms. The summed E-state index contributed by atoms with van der Waals surface area (Å²) in [6, 6.07) is 0. The maximum atomic E-state index is 11.0. The van der Waals surface area contributed by atoms with E-state index in [1.807, 2.05) is 0 Å². The van der Waals surface area contributed by atoms with Gasteiger partial charge in [-0.15, -0.1) is 0 Å². The Morgan fingerprint density at radius 1 is 0.786 bits per heavy atom. The Kier molecular flexibility index (Phi) is 5.13. The number of carbonyl (C=O) groups excluding carboxylic acids is 2. The molecule has 0 saturated carbocycles. The second-order valence-electron chi connectivity index (χ2n) is 3.00. The molecule has 0 aromatic heterocycles. The molecule has 78 valence electrons. The lowest BCUT2D eigenvalue weighted by Crippen LogP contribution is -2.35. The minimum atomic E-state index is -0.837. The molecule has 0 saturated heterocycles. The lowest BCUT2D eigenvalue weighted by molar-refractivity contribution is -0.139. The van der Waals surface area contributed by atoms with E-state index in [2.05, 4.69) is 21.1 Å². The smallest absolute Gasteiger partial charge is 0.262 e. The van der Waals surface area contributed by atoms with Gasteiger partial charge in [0.05, 0.1) is 0 Å². The Morgan fingerprint density at radius 2 is 1.07 bits per heavy atom. The standard InChI is InChI=1S/C8H14N4O2/c1-5(2)9-11-7(13)8(14)12-10-6(3)4/h1-4H3,(H,11,13)(H,12,14). The van der Waals surface area contributed by atoms with Gasteiger partial charge in [-0.3, -0.25) is 9.59 Å². The Hall–Kier alpha value is -1.72. The fourth-order valence-electron chi connectivity index (χ4n) is 0.427. The highest BCUT2D eigenvalue weighted by Gasteiger charge is 2.10. The first-order valence-electron chi connectivity index (χ1n) is 4.05. The number of hydrogen-bond acceptors (Lipinski definition) is 4. The first-order chi connectivity index (χ1) is 6.43. The normalized spacial score (nSPS) is 8.57. The highest BCUT2D eigenvalue weighted by molar-refractivity contribution is 6.35. The van der Waals surface area contributed by atoms with Crippen LogP contribution >= 0.6 is 0 Å². The third-order valence-corrected chi connectivity index (χ3v) is 0.968. The third kappa shape index (κ3) is 5.87. The van der Waals surface area contributed by atoms with E-state index in [-0.39, 0.29) is 0 Å². The molecule has 0 aliphatic heterocycles. The van der Waals surface area contributed by atoms with E-state index >= 15 is 0 Å². The van der Waals surface area contributed by atoms with Crippen LogP contribution in [-0.2, 0) is 9.59 Å². The zero-order valence-electron chi connectivity index (χ0n) is 8.71. The van der Waals surface area contributed by atoms with Gasteiger partial charge in [-0.05, 0) is 27.7 Å². The Bertz CT molecular complexity index is 256. The molecule has 0 aliphatic carbocycles. The quantitative estimate of drug-likeness (QED) is 0.372. The average Bonchev–Trinajstić information content (AvgIpc) is 2.09. The van der Waals surface area contributed by atoms with Crippen LogP contribution in [0.15, 0.2) is 10.2 Å². The molecule has 0 unspecified atom stereocenters. The first kappa shape index (κ1) is 12.3. The summed E-state index contributed by atoms with van der Waals surface area (Å²) in [6.45, 7) is 6.80. The summed E-state index contributed by atoms with van der Waals surface area (Å²) < 4.78 is 0. The molecule has 0 aromatic rings. The van der Waals surface area contributed by atoms with Gasteiger partial charge >= 0.3 is 11.8 Å². The number of nitrogens with zero attached hydrogens (tertiary/aromatic N) is 2. The van der Waals surface area contributed by atoms with Crippen LogP contribution in [0.2, 0.25) is 0 Å². The highest BCUT2D eigenvalue weighted by Crippen LogP contribution is 1.75. The number of hydrazone groups is 2. The Balaban J connectivity index is 4.08. The van der Waals surface area contributed by atoms with Crippen LogP contribution in [0.25, 0.3) is 0 Å². The summed E-state index contributed by atoms with van der Waals surface area (Å²) in [6.07, 6.45) is 0. The molecule has 0 atom stereocenters. The topological polar surface area (TPSA) is 82.9 Å². The molecule has 0 fully saturated rings. The van der Waals surface area contributed by atoms with E-state index < -0.39 is 11.8 Å². The van der Waals surface area contributed by atoms with E-state index in [0.29, 0.717) is 11.4 Å². The molecule has 0 heterocycles. The molecule has 2 N–H and O–H groups in total. The summed E-state index contributed by atoms with van der Waals surface area (Å²) in [7, 11) is 0. The number of hydrogen-bond donors (Lipinski definition) is 2. The Labute approximate surface area is 82.4 Å². The molecule has 0 radical (unpaired) electrons. The van der Waals surface area contributed by atoms with Gasteiger partial charge < -0.3 is 0 Å². The van der Waals surface area contributed by atoms with E-state index in [1.165, 1.54) is 0 Å². The lowest BCUT2D eigenvalue weighted by atomic mass is 10.5. The van der Waals surface area contributed by atoms with Crippen LogP contribution in [0, 0.1) is 0 Å². The molecule has 0 bridgehead atoms. The van der Waals surface area contributed by atoms with Crippen molar-refractivity contribution in [2.75, 3.05) is 0 Å².